The molecule has 0 aliphatic rings. The van der Waals surface area contributed by atoms with Crippen molar-refractivity contribution in [2.24, 2.45) is 7.05 Å². The third-order valence-corrected chi connectivity index (χ3v) is 3.70. The minimum absolute atomic E-state index is 0.124. The number of imidazole rings is 1. The fraction of sp³-hybridized carbons (Fsp3) is 0.400. The van der Waals surface area contributed by atoms with E-state index in [2.05, 4.69) is 45.3 Å². The Bertz CT molecular complexity index is 700. The van der Waals surface area contributed by atoms with E-state index in [1.54, 1.807) is 6.20 Å². The maximum atomic E-state index is 4.73. The monoisotopic (exact) mass is 284 g/mol. The normalized spacial score (nSPS) is 12.9. The first-order valence-corrected chi connectivity index (χ1v) is 7.29. The van der Waals surface area contributed by atoms with Gasteiger partial charge in [-0.15, -0.1) is 0 Å². The van der Waals surface area contributed by atoms with Crippen LogP contribution in [0.15, 0.2) is 30.5 Å². The number of nitrogens with one attached hydrogen (secondary N) is 2. The summed E-state index contributed by atoms with van der Waals surface area (Å²) >= 11 is 0. The zero-order chi connectivity index (χ0) is 14.7. The number of hydrogen-bond donors (Lipinski definition) is 2. The van der Waals surface area contributed by atoms with Crippen LogP contribution in [0.5, 0.6) is 0 Å². The van der Waals surface area contributed by atoms with Gasteiger partial charge in [-0.1, -0.05) is 19.1 Å². The molecule has 1 aromatic carbocycles. The van der Waals surface area contributed by atoms with Gasteiger partial charge in [0.15, 0.2) is 0 Å². The van der Waals surface area contributed by atoms with E-state index in [4.69, 9.17) is 4.98 Å². The zero-order valence-corrected chi connectivity index (χ0v) is 12.4. The predicted octanol–water partition coefficient (Wildman–Crippen LogP) is 1.97. The molecule has 0 bridgehead atoms. The Balaban J connectivity index is 1.88. The average Bonchev–Trinajstić information content (AvgIpc) is 3.13. The quantitative estimate of drug-likeness (QED) is 0.726. The highest BCUT2D eigenvalue weighted by molar-refractivity contribution is 5.75. The molecule has 6 heteroatoms. The molecule has 0 fully saturated rings. The summed E-state index contributed by atoms with van der Waals surface area (Å²) in [7, 11) is 2.06. The molecule has 1 atom stereocenters. The smallest absolute Gasteiger partial charge is 0.111 e. The summed E-state index contributed by atoms with van der Waals surface area (Å²) in [6.07, 6.45) is 3.64. The van der Waals surface area contributed by atoms with Crippen LogP contribution in [0.3, 0.4) is 0 Å². The lowest BCUT2D eigenvalue weighted by atomic mass is 10.1. The van der Waals surface area contributed by atoms with E-state index in [9.17, 15) is 0 Å². The van der Waals surface area contributed by atoms with Crippen molar-refractivity contribution in [2.75, 3.05) is 6.54 Å². The Morgan fingerprint density at radius 1 is 1.33 bits per heavy atom. The molecule has 0 saturated heterocycles. The Morgan fingerprint density at radius 3 is 2.90 bits per heavy atom. The van der Waals surface area contributed by atoms with E-state index in [0.717, 1.165) is 41.9 Å². The van der Waals surface area contributed by atoms with Crippen LogP contribution in [-0.4, -0.2) is 31.5 Å². The third kappa shape index (κ3) is 2.80. The van der Waals surface area contributed by atoms with Crippen LogP contribution in [-0.2, 0) is 13.5 Å². The largest absolute Gasteiger partial charge is 0.331 e. The number of aromatic nitrogens is 5. The average molecular weight is 284 g/mol. The van der Waals surface area contributed by atoms with Gasteiger partial charge in [0.2, 0.25) is 0 Å². The first-order valence-electron chi connectivity index (χ1n) is 7.29. The summed E-state index contributed by atoms with van der Waals surface area (Å²) < 4.78 is 2.15. The maximum absolute atomic E-state index is 4.73. The second kappa shape index (κ2) is 6.05. The van der Waals surface area contributed by atoms with Gasteiger partial charge in [-0.2, -0.15) is 15.4 Å². The maximum Gasteiger partial charge on any atom is 0.111 e. The van der Waals surface area contributed by atoms with Crippen molar-refractivity contribution in [3.8, 4) is 0 Å². The van der Waals surface area contributed by atoms with Crippen molar-refractivity contribution in [2.45, 2.75) is 25.8 Å². The Hall–Kier alpha value is -2.21. The third-order valence-electron chi connectivity index (χ3n) is 3.70. The van der Waals surface area contributed by atoms with Crippen molar-refractivity contribution >= 4 is 11.0 Å². The second-order valence-electron chi connectivity index (χ2n) is 5.18. The van der Waals surface area contributed by atoms with Gasteiger partial charge in [0.05, 0.1) is 29.0 Å². The molecule has 6 nitrogen and oxygen atoms in total. The highest BCUT2D eigenvalue weighted by Gasteiger charge is 2.18. The van der Waals surface area contributed by atoms with Crippen LogP contribution < -0.4 is 5.32 Å². The lowest BCUT2D eigenvalue weighted by Gasteiger charge is -2.15. The number of benzene rings is 1. The van der Waals surface area contributed by atoms with Gasteiger partial charge in [0, 0.05) is 13.5 Å². The summed E-state index contributed by atoms with van der Waals surface area (Å²) in [6, 6.07) is 8.32. The summed E-state index contributed by atoms with van der Waals surface area (Å²) in [4.78, 5) is 4.73. The van der Waals surface area contributed by atoms with Crippen LogP contribution in [0.4, 0.5) is 0 Å². The van der Waals surface area contributed by atoms with Gasteiger partial charge < -0.3 is 9.88 Å². The summed E-state index contributed by atoms with van der Waals surface area (Å²) in [5.74, 6) is 1.05. The topological polar surface area (TPSA) is 71.4 Å². The van der Waals surface area contributed by atoms with Gasteiger partial charge in [0.1, 0.15) is 5.82 Å². The number of rotatable bonds is 6. The van der Waals surface area contributed by atoms with Gasteiger partial charge >= 0.3 is 0 Å². The van der Waals surface area contributed by atoms with Crippen LogP contribution in [0.25, 0.3) is 11.0 Å². The molecule has 0 saturated carbocycles. The minimum atomic E-state index is 0.124. The fourth-order valence-corrected chi connectivity index (χ4v) is 2.54. The molecule has 1 unspecified atom stereocenters. The van der Waals surface area contributed by atoms with Gasteiger partial charge in [-0.3, -0.25) is 0 Å². The molecule has 21 heavy (non-hydrogen) atoms. The Morgan fingerprint density at radius 2 is 2.19 bits per heavy atom. The number of para-hydroxylation sites is 2. The first kappa shape index (κ1) is 13.8. The molecule has 0 radical (unpaired) electrons. The van der Waals surface area contributed by atoms with Gasteiger partial charge in [0.25, 0.3) is 0 Å². The minimum Gasteiger partial charge on any atom is -0.331 e. The SMILES string of the molecule is CCCNC(Cc1nc2ccccc2n1C)c1cn[nH]n1. The van der Waals surface area contributed by atoms with Gasteiger partial charge in [-0.25, -0.2) is 4.98 Å². The molecule has 2 heterocycles. The standard InChI is InChI=1S/C15H20N6/c1-3-8-16-12(13-10-17-20-19-13)9-15-18-11-6-4-5-7-14(11)21(15)2/h4-7,10,12,16H,3,8-9H2,1-2H3,(H,17,19,20). The van der Waals surface area contributed by atoms with Crippen LogP contribution in [0.1, 0.15) is 30.9 Å². The van der Waals surface area contributed by atoms with Crippen LogP contribution in [0, 0.1) is 0 Å². The van der Waals surface area contributed by atoms with Crippen molar-refractivity contribution in [1.82, 2.24) is 30.3 Å². The molecule has 2 aromatic heterocycles. The van der Waals surface area contributed by atoms with Crippen molar-refractivity contribution < 1.29 is 0 Å². The zero-order valence-electron chi connectivity index (χ0n) is 12.4. The number of fused-ring (bicyclic) bond motifs is 1. The predicted molar refractivity (Wildman–Crippen MR) is 81.8 cm³/mol. The molecule has 2 N–H and O–H groups in total. The number of H-pyrrole nitrogens is 1. The molecule has 3 aromatic rings. The van der Waals surface area contributed by atoms with Crippen molar-refractivity contribution in [3.05, 3.63) is 42.0 Å². The molecular weight excluding hydrogens is 264 g/mol. The van der Waals surface area contributed by atoms with Crippen LogP contribution >= 0.6 is 0 Å². The van der Waals surface area contributed by atoms with E-state index in [1.807, 2.05) is 18.2 Å². The van der Waals surface area contributed by atoms with E-state index in [-0.39, 0.29) is 6.04 Å². The lowest BCUT2D eigenvalue weighted by molar-refractivity contribution is 0.502. The summed E-state index contributed by atoms with van der Waals surface area (Å²) in [6.45, 7) is 3.10. The van der Waals surface area contributed by atoms with Gasteiger partial charge in [-0.05, 0) is 25.1 Å². The second-order valence-corrected chi connectivity index (χ2v) is 5.18. The molecule has 0 spiro atoms. The van der Waals surface area contributed by atoms with E-state index < -0.39 is 0 Å². The molecule has 3 rings (SSSR count). The molecule has 0 aliphatic heterocycles. The van der Waals surface area contributed by atoms with E-state index in [1.165, 1.54) is 0 Å². The number of nitrogens with zero attached hydrogens (tertiary/aromatic N) is 4. The number of aromatic amines is 1. The number of hydrogen-bond acceptors (Lipinski definition) is 4. The molecule has 0 aliphatic carbocycles. The van der Waals surface area contributed by atoms with Crippen molar-refractivity contribution in [1.29, 1.82) is 0 Å². The highest BCUT2D eigenvalue weighted by Crippen LogP contribution is 2.19. The molecular formula is C15H20N6. The Labute approximate surface area is 123 Å². The van der Waals surface area contributed by atoms with Crippen molar-refractivity contribution in [3.63, 3.8) is 0 Å². The highest BCUT2D eigenvalue weighted by atomic mass is 15.3. The van der Waals surface area contributed by atoms with Crippen LogP contribution in [0.2, 0.25) is 0 Å². The summed E-state index contributed by atoms with van der Waals surface area (Å²) in [5.41, 5.74) is 3.11. The van der Waals surface area contributed by atoms with E-state index in [0.29, 0.717) is 0 Å². The fourth-order valence-electron chi connectivity index (χ4n) is 2.54. The first-order chi connectivity index (χ1) is 10.3. The van der Waals surface area contributed by atoms with E-state index >= 15 is 0 Å². The summed E-state index contributed by atoms with van der Waals surface area (Å²) in [5, 5.41) is 14.3. The molecule has 110 valence electrons. The molecule has 0 amide bonds. The Kier molecular flexibility index (Phi) is 3.96. The lowest BCUT2D eigenvalue weighted by Crippen LogP contribution is -2.25. The number of aryl methyl sites for hydroxylation is 1.